The van der Waals surface area contributed by atoms with Crippen molar-refractivity contribution < 1.29 is 27.9 Å². The maximum atomic E-state index is 13.9. The number of benzene rings is 6. The number of ether oxygens (including phenoxy) is 2. The lowest BCUT2D eigenvalue weighted by Gasteiger charge is -2.22. The Hall–Kier alpha value is -7.20. The molecule has 0 bridgehead atoms. The summed E-state index contributed by atoms with van der Waals surface area (Å²) >= 11 is 0. The molecule has 0 saturated heterocycles. The lowest BCUT2D eigenvalue weighted by atomic mass is 9.90. The summed E-state index contributed by atoms with van der Waals surface area (Å²) in [4.78, 5) is 34.7. The molecule has 10 nitrogen and oxygen atoms in total. The van der Waals surface area contributed by atoms with Crippen molar-refractivity contribution in [2.45, 2.75) is 47.5 Å². The Kier molecular flexibility index (Phi) is 13.7. The first-order chi connectivity index (χ1) is 31.8. The van der Waals surface area contributed by atoms with Gasteiger partial charge in [0.2, 0.25) is 5.36 Å². The average molecular weight is 870 g/mol. The second-order valence-corrected chi connectivity index (χ2v) is 16.0. The summed E-state index contributed by atoms with van der Waals surface area (Å²) in [5.74, 6) is 0.565. The van der Waals surface area contributed by atoms with Gasteiger partial charge in [0.05, 0.1) is 35.8 Å². The first-order valence-corrected chi connectivity index (χ1v) is 22.8. The number of fused-ring (bicyclic) bond motifs is 4. The molecule has 0 saturated carbocycles. The van der Waals surface area contributed by atoms with Crippen LogP contribution in [0.2, 0.25) is 0 Å². The number of nitrogens with one attached hydrogen (secondary N) is 1. The predicted octanol–water partition coefficient (Wildman–Crippen LogP) is 11.1. The summed E-state index contributed by atoms with van der Waals surface area (Å²) in [5, 5.41) is 7.03. The fraction of sp³-hybridized carbons (Fsp3) is 0.273. The number of hydrogen-bond acceptors (Lipinski definition) is 9. The van der Waals surface area contributed by atoms with Crippen LogP contribution in [-0.2, 0) is 9.47 Å². The standard InChI is InChI=1S/C55H57N4O6/c1-7-56-36-22-26-44-48(32-36)64-49-33-37(57-8-2)23-27-45(49)52(44)40-18-12-14-20-42(40)54(60)62-30-16-17-31-63-55(61)43-21-15-13-19-41(43)53-46-28-24-38(58(6)9-3)34-50(46)65-51-35-39(25-29-47(51)53)59(10-4)11-5/h12-15,18-29,32-35,56H,7-11,16-17,30-31H2,1-6H3/q+1. The molecule has 8 rings (SSSR count). The zero-order valence-electron chi connectivity index (χ0n) is 38.2. The van der Waals surface area contributed by atoms with Crippen molar-refractivity contribution >= 4 is 45.3 Å². The molecule has 2 aliphatic heterocycles. The number of rotatable bonds is 16. The summed E-state index contributed by atoms with van der Waals surface area (Å²) in [6.45, 7) is 14.8. The van der Waals surface area contributed by atoms with Crippen LogP contribution in [0.3, 0.4) is 0 Å². The number of carbonyl (C=O) groups excluding carboxylic acids is 2. The minimum Gasteiger partial charge on any atom is -0.462 e. The summed E-state index contributed by atoms with van der Waals surface area (Å²) in [5.41, 5.74) is 9.47. The van der Waals surface area contributed by atoms with Crippen molar-refractivity contribution in [3.63, 3.8) is 0 Å². The minimum absolute atomic E-state index is 0.164. The van der Waals surface area contributed by atoms with E-state index in [0.29, 0.717) is 41.9 Å². The van der Waals surface area contributed by atoms with Gasteiger partial charge in [0.1, 0.15) is 36.3 Å². The van der Waals surface area contributed by atoms with Gasteiger partial charge in [-0.2, -0.15) is 0 Å². The number of nitrogens with zero attached hydrogens (tertiary/aromatic N) is 3. The van der Waals surface area contributed by atoms with Gasteiger partial charge in [0.15, 0.2) is 0 Å². The monoisotopic (exact) mass is 869 g/mol. The largest absolute Gasteiger partial charge is 0.462 e. The van der Waals surface area contributed by atoms with Crippen LogP contribution in [-0.4, -0.2) is 64.9 Å². The predicted molar refractivity (Wildman–Crippen MR) is 262 cm³/mol. The normalized spacial score (nSPS) is 12.2. The van der Waals surface area contributed by atoms with E-state index in [-0.39, 0.29) is 13.2 Å². The van der Waals surface area contributed by atoms with Gasteiger partial charge in [-0.3, -0.25) is 4.99 Å². The number of carbonyl (C=O) groups is 2. The maximum absolute atomic E-state index is 13.9. The van der Waals surface area contributed by atoms with Crippen LogP contribution in [0.5, 0.6) is 0 Å². The van der Waals surface area contributed by atoms with Crippen molar-refractivity contribution in [1.29, 1.82) is 0 Å². The first kappa shape index (κ1) is 44.4. The Balaban J connectivity index is 0.998. The molecule has 0 aromatic heterocycles. The highest BCUT2D eigenvalue weighted by Gasteiger charge is 2.25. The highest BCUT2D eigenvalue weighted by atomic mass is 16.5. The lowest BCUT2D eigenvalue weighted by molar-refractivity contribution is 0.0433. The summed E-state index contributed by atoms with van der Waals surface area (Å²) < 4.78 is 27.1. The Morgan fingerprint density at radius 3 is 1.78 bits per heavy atom. The quantitative estimate of drug-likeness (QED) is 0.0442. The number of esters is 2. The van der Waals surface area contributed by atoms with Gasteiger partial charge < -0.3 is 28.5 Å². The van der Waals surface area contributed by atoms with Crippen LogP contribution in [0, 0.1) is 0 Å². The molecular weight excluding hydrogens is 813 g/mol. The topological polar surface area (TPSA) is 110 Å². The molecule has 0 radical (unpaired) electrons. The van der Waals surface area contributed by atoms with E-state index in [2.05, 4.69) is 90.9 Å². The van der Waals surface area contributed by atoms with E-state index in [0.717, 1.165) is 104 Å². The van der Waals surface area contributed by atoms with Crippen molar-refractivity contribution in [2.24, 2.45) is 4.99 Å². The number of anilines is 2. The van der Waals surface area contributed by atoms with E-state index in [9.17, 15) is 9.59 Å². The average Bonchev–Trinajstić information content (AvgIpc) is 3.33. The SMILES string of the molecule is CCN=c1ccc2c(-c3ccccc3C(=O)OCCCCOC(=O)c3ccccc3-c3c4ccc(=[N+](C)CC)cc-4oc4cc(N(CC)CC)ccc34)c3ccc(NCC)cc3oc-2c1. The molecule has 332 valence electrons. The molecular formula is C55H57N4O6+. The van der Waals surface area contributed by atoms with Gasteiger partial charge in [0.25, 0.3) is 0 Å². The molecule has 0 atom stereocenters. The Morgan fingerprint density at radius 1 is 0.631 bits per heavy atom. The van der Waals surface area contributed by atoms with Crippen LogP contribution in [0.1, 0.15) is 68.2 Å². The van der Waals surface area contributed by atoms with E-state index in [4.69, 9.17) is 18.3 Å². The van der Waals surface area contributed by atoms with Crippen LogP contribution in [0.25, 0.3) is 66.8 Å². The molecule has 0 amide bonds. The molecule has 0 fully saturated rings. The molecule has 2 heterocycles. The second kappa shape index (κ2) is 20.1. The van der Waals surface area contributed by atoms with Gasteiger partial charge in [0, 0.05) is 94.8 Å². The third-order valence-electron chi connectivity index (χ3n) is 12.0. The van der Waals surface area contributed by atoms with Gasteiger partial charge in [-0.1, -0.05) is 36.4 Å². The zero-order valence-corrected chi connectivity index (χ0v) is 38.2. The third-order valence-corrected chi connectivity index (χ3v) is 12.0. The molecule has 0 spiro atoms. The molecule has 0 unspecified atom stereocenters. The van der Waals surface area contributed by atoms with Crippen molar-refractivity contribution in [3.05, 3.63) is 143 Å². The third kappa shape index (κ3) is 9.25. The summed E-state index contributed by atoms with van der Waals surface area (Å²) in [7, 11) is 2.06. The Bertz CT molecular complexity index is 3090. The smallest absolute Gasteiger partial charge is 0.338 e. The summed E-state index contributed by atoms with van der Waals surface area (Å²) in [6.07, 6.45) is 1.02. The molecule has 2 aliphatic carbocycles. The number of unbranched alkanes of at least 4 members (excludes halogenated alkanes) is 1. The highest BCUT2D eigenvalue weighted by Crippen LogP contribution is 2.43. The Labute approximate surface area is 380 Å². The van der Waals surface area contributed by atoms with E-state index < -0.39 is 11.9 Å². The molecule has 1 N–H and O–H groups in total. The second-order valence-electron chi connectivity index (χ2n) is 16.0. The van der Waals surface area contributed by atoms with Crippen LogP contribution < -0.4 is 25.5 Å². The first-order valence-electron chi connectivity index (χ1n) is 22.8. The van der Waals surface area contributed by atoms with E-state index >= 15 is 0 Å². The van der Waals surface area contributed by atoms with E-state index in [1.165, 1.54) is 0 Å². The Morgan fingerprint density at radius 2 is 1.20 bits per heavy atom. The highest BCUT2D eigenvalue weighted by molar-refractivity contribution is 6.09. The van der Waals surface area contributed by atoms with Crippen molar-refractivity contribution in [3.8, 4) is 44.9 Å². The lowest BCUT2D eigenvalue weighted by Crippen LogP contribution is -2.25. The van der Waals surface area contributed by atoms with Gasteiger partial charge in [-0.25, -0.2) is 14.2 Å². The van der Waals surface area contributed by atoms with Gasteiger partial charge in [-0.05, 0) is 113 Å². The maximum Gasteiger partial charge on any atom is 0.338 e. The molecule has 10 heteroatoms. The van der Waals surface area contributed by atoms with Crippen molar-refractivity contribution in [2.75, 3.05) is 63.2 Å². The van der Waals surface area contributed by atoms with Crippen molar-refractivity contribution in [1.82, 2.24) is 4.58 Å². The van der Waals surface area contributed by atoms with E-state index in [1.807, 2.05) is 85.8 Å². The fourth-order valence-electron chi connectivity index (χ4n) is 8.57. The van der Waals surface area contributed by atoms with Gasteiger partial charge in [-0.15, -0.1) is 0 Å². The number of hydrogen-bond donors (Lipinski definition) is 1. The molecule has 4 aromatic rings. The van der Waals surface area contributed by atoms with E-state index in [1.54, 1.807) is 6.07 Å². The van der Waals surface area contributed by atoms with Crippen LogP contribution >= 0.6 is 0 Å². The van der Waals surface area contributed by atoms with Crippen LogP contribution in [0.4, 0.5) is 11.4 Å². The minimum atomic E-state index is -0.429. The summed E-state index contributed by atoms with van der Waals surface area (Å²) in [6, 6.07) is 39.6. The van der Waals surface area contributed by atoms with Crippen LogP contribution in [0.15, 0.2) is 135 Å². The molecule has 4 aromatic carbocycles. The zero-order chi connectivity index (χ0) is 45.5. The molecule has 65 heavy (non-hydrogen) atoms. The fourth-order valence-corrected chi connectivity index (χ4v) is 8.57. The molecule has 4 aliphatic rings. The van der Waals surface area contributed by atoms with Gasteiger partial charge >= 0.3 is 11.9 Å².